The smallest absolute Gasteiger partial charge is 0.206 e. The molecule has 7 heteroatoms. The largest absolute Gasteiger partial charge is 0.504 e. The molecule has 0 aliphatic heterocycles. The van der Waals surface area contributed by atoms with Crippen molar-refractivity contribution >= 4 is 17.6 Å². The first-order valence-corrected chi connectivity index (χ1v) is 10.2. The summed E-state index contributed by atoms with van der Waals surface area (Å²) in [6.45, 7) is 6.36. The Balaban J connectivity index is 2.03. The molecule has 0 spiro atoms. The van der Waals surface area contributed by atoms with E-state index in [0.717, 1.165) is 23.3 Å². The van der Waals surface area contributed by atoms with E-state index in [1.807, 2.05) is 4.68 Å². The first-order valence-electron chi connectivity index (χ1n) is 9.30. The fourth-order valence-electron chi connectivity index (χ4n) is 3.18. The first kappa shape index (κ1) is 19.5. The fourth-order valence-corrected chi connectivity index (χ4v) is 4.30. The molecule has 1 aliphatic carbocycles. The lowest BCUT2D eigenvalue weighted by Crippen LogP contribution is -2.24. The highest BCUT2D eigenvalue weighted by Crippen LogP contribution is 2.36. The maximum atomic E-state index is 10.0. The standard InChI is InChI=1S/C20H27N3O3S/c1-20(2,3)16-12-27-19(22-14-7-5-4-6-8-14)23(16)21-11-13-9-10-15(24)18(26)17(13)25/h9-12,14,24-26H,4-8H2,1-3H3. The molecule has 3 N–H and O–H groups in total. The summed E-state index contributed by atoms with van der Waals surface area (Å²) < 4.78 is 1.82. The lowest BCUT2D eigenvalue weighted by Gasteiger charge is -2.19. The topological polar surface area (TPSA) is 90.3 Å². The van der Waals surface area contributed by atoms with Gasteiger partial charge in [0, 0.05) is 16.4 Å². The van der Waals surface area contributed by atoms with Gasteiger partial charge in [0.1, 0.15) is 0 Å². The van der Waals surface area contributed by atoms with Crippen molar-refractivity contribution in [1.29, 1.82) is 0 Å². The van der Waals surface area contributed by atoms with Crippen LogP contribution in [0.4, 0.5) is 0 Å². The molecule has 1 aromatic carbocycles. The molecule has 1 fully saturated rings. The van der Waals surface area contributed by atoms with Crippen LogP contribution in [0.25, 0.3) is 0 Å². The van der Waals surface area contributed by atoms with Crippen molar-refractivity contribution in [1.82, 2.24) is 4.68 Å². The van der Waals surface area contributed by atoms with E-state index in [0.29, 0.717) is 11.6 Å². The number of rotatable bonds is 3. The second-order valence-electron chi connectivity index (χ2n) is 8.00. The molecule has 1 aromatic heterocycles. The Morgan fingerprint density at radius 1 is 1.07 bits per heavy atom. The van der Waals surface area contributed by atoms with Crippen LogP contribution in [0.1, 0.15) is 64.1 Å². The summed E-state index contributed by atoms with van der Waals surface area (Å²) in [5, 5.41) is 35.9. The molecule has 146 valence electrons. The SMILES string of the molecule is CC(C)(C)c1csc(=NC2CCCCC2)n1N=Cc1ccc(O)c(O)c1O. The summed E-state index contributed by atoms with van der Waals surface area (Å²) in [6.07, 6.45) is 7.42. The summed E-state index contributed by atoms with van der Waals surface area (Å²) in [6, 6.07) is 3.17. The number of nitrogens with zero attached hydrogens (tertiary/aromatic N) is 3. The van der Waals surface area contributed by atoms with Gasteiger partial charge in [0.15, 0.2) is 11.5 Å². The van der Waals surface area contributed by atoms with Crippen LogP contribution in [0, 0.1) is 0 Å². The fraction of sp³-hybridized carbons (Fsp3) is 0.500. The van der Waals surface area contributed by atoms with E-state index in [4.69, 9.17) is 4.99 Å². The highest BCUT2D eigenvalue weighted by atomic mass is 32.1. The Hall–Kier alpha value is -2.28. The number of phenolic OH excluding ortho intramolecular Hbond substituents is 3. The number of thiazole rings is 1. The Labute approximate surface area is 163 Å². The Bertz CT molecular complexity index is 900. The minimum atomic E-state index is -0.544. The zero-order chi connectivity index (χ0) is 19.6. The van der Waals surface area contributed by atoms with Crippen LogP contribution in [-0.4, -0.2) is 32.3 Å². The molecule has 0 amide bonds. The van der Waals surface area contributed by atoms with E-state index >= 15 is 0 Å². The number of benzene rings is 1. The van der Waals surface area contributed by atoms with E-state index in [1.54, 1.807) is 11.3 Å². The number of phenols is 3. The Morgan fingerprint density at radius 3 is 2.44 bits per heavy atom. The van der Waals surface area contributed by atoms with Crippen molar-refractivity contribution < 1.29 is 15.3 Å². The van der Waals surface area contributed by atoms with Crippen LogP contribution in [0.15, 0.2) is 27.6 Å². The van der Waals surface area contributed by atoms with Crippen molar-refractivity contribution in [3.63, 3.8) is 0 Å². The highest BCUT2D eigenvalue weighted by molar-refractivity contribution is 7.07. The summed E-state index contributed by atoms with van der Waals surface area (Å²) in [5.74, 6) is -1.30. The van der Waals surface area contributed by atoms with Gasteiger partial charge in [0.05, 0.1) is 18.0 Å². The number of hydrogen-bond acceptors (Lipinski definition) is 6. The predicted molar refractivity (Wildman–Crippen MR) is 108 cm³/mol. The highest BCUT2D eigenvalue weighted by Gasteiger charge is 2.21. The van der Waals surface area contributed by atoms with E-state index in [1.165, 1.54) is 37.6 Å². The monoisotopic (exact) mass is 389 g/mol. The molecule has 1 aliphatic rings. The van der Waals surface area contributed by atoms with Gasteiger partial charge in [0.2, 0.25) is 10.6 Å². The van der Waals surface area contributed by atoms with E-state index < -0.39 is 11.5 Å². The molecule has 1 heterocycles. The summed E-state index contributed by atoms with van der Waals surface area (Å²) in [5.41, 5.74) is 1.24. The second-order valence-corrected chi connectivity index (χ2v) is 8.84. The molecule has 6 nitrogen and oxygen atoms in total. The predicted octanol–water partition coefficient (Wildman–Crippen LogP) is 4.08. The van der Waals surface area contributed by atoms with Gasteiger partial charge in [-0.15, -0.1) is 11.3 Å². The van der Waals surface area contributed by atoms with Gasteiger partial charge in [-0.3, -0.25) is 4.99 Å². The van der Waals surface area contributed by atoms with Gasteiger partial charge >= 0.3 is 0 Å². The van der Waals surface area contributed by atoms with Crippen LogP contribution >= 0.6 is 11.3 Å². The molecule has 0 radical (unpaired) electrons. The van der Waals surface area contributed by atoms with Gasteiger partial charge in [-0.05, 0) is 25.0 Å². The number of aromatic hydroxyl groups is 3. The maximum Gasteiger partial charge on any atom is 0.206 e. The molecular formula is C20H27N3O3S. The minimum absolute atomic E-state index is 0.118. The molecule has 0 saturated heterocycles. The minimum Gasteiger partial charge on any atom is -0.504 e. The lowest BCUT2D eigenvalue weighted by molar-refractivity contribution is 0.367. The van der Waals surface area contributed by atoms with E-state index in [2.05, 4.69) is 31.3 Å². The third-order valence-corrected chi connectivity index (χ3v) is 5.63. The Morgan fingerprint density at radius 2 is 1.78 bits per heavy atom. The van der Waals surface area contributed by atoms with E-state index in [9.17, 15) is 15.3 Å². The molecular weight excluding hydrogens is 362 g/mol. The summed E-state index contributed by atoms with van der Waals surface area (Å²) in [4.78, 5) is 5.77. The van der Waals surface area contributed by atoms with Crippen LogP contribution in [0.5, 0.6) is 17.2 Å². The summed E-state index contributed by atoms with van der Waals surface area (Å²) >= 11 is 1.57. The van der Waals surface area contributed by atoms with Crippen molar-refractivity contribution in [2.75, 3.05) is 0 Å². The molecule has 3 rings (SSSR count). The van der Waals surface area contributed by atoms with Crippen molar-refractivity contribution in [2.24, 2.45) is 10.1 Å². The van der Waals surface area contributed by atoms with Crippen LogP contribution in [-0.2, 0) is 5.41 Å². The van der Waals surface area contributed by atoms with Gasteiger partial charge in [0.25, 0.3) is 0 Å². The third kappa shape index (κ3) is 4.35. The average molecular weight is 390 g/mol. The summed E-state index contributed by atoms with van der Waals surface area (Å²) in [7, 11) is 0. The molecule has 0 unspecified atom stereocenters. The van der Waals surface area contributed by atoms with Crippen molar-refractivity contribution in [3.8, 4) is 17.2 Å². The molecule has 0 bridgehead atoms. The molecule has 0 atom stereocenters. The number of hydrogen-bond donors (Lipinski definition) is 3. The third-order valence-electron chi connectivity index (χ3n) is 4.79. The molecule has 1 saturated carbocycles. The van der Waals surface area contributed by atoms with Crippen LogP contribution < -0.4 is 4.80 Å². The average Bonchev–Trinajstić information content (AvgIpc) is 3.03. The van der Waals surface area contributed by atoms with E-state index in [-0.39, 0.29) is 11.2 Å². The van der Waals surface area contributed by atoms with Gasteiger partial charge in [-0.25, -0.2) is 4.68 Å². The lowest BCUT2D eigenvalue weighted by atomic mass is 9.93. The zero-order valence-corrected chi connectivity index (χ0v) is 16.8. The van der Waals surface area contributed by atoms with Gasteiger partial charge in [-0.1, -0.05) is 40.0 Å². The zero-order valence-electron chi connectivity index (χ0n) is 16.0. The second kappa shape index (κ2) is 7.76. The first-order chi connectivity index (χ1) is 12.8. The van der Waals surface area contributed by atoms with Crippen LogP contribution in [0.2, 0.25) is 0 Å². The normalized spacial score (nSPS) is 17.1. The van der Waals surface area contributed by atoms with Crippen LogP contribution in [0.3, 0.4) is 0 Å². The molecule has 2 aromatic rings. The van der Waals surface area contributed by atoms with Crippen molar-refractivity contribution in [2.45, 2.75) is 64.3 Å². The quantitative estimate of drug-likeness (QED) is 0.546. The number of aromatic nitrogens is 1. The Kier molecular flexibility index (Phi) is 5.60. The molecule has 27 heavy (non-hydrogen) atoms. The maximum absolute atomic E-state index is 10.0. The van der Waals surface area contributed by atoms with Gasteiger partial charge in [-0.2, -0.15) is 5.10 Å². The van der Waals surface area contributed by atoms with Gasteiger partial charge < -0.3 is 15.3 Å². The van der Waals surface area contributed by atoms with Crippen molar-refractivity contribution in [3.05, 3.63) is 33.6 Å².